The number of rotatable bonds is 5. The lowest BCUT2D eigenvalue weighted by Gasteiger charge is -2.33. The first-order valence-electron chi connectivity index (χ1n) is 13.1. The summed E-state index contributed by atoms with van der Waals surface area (Å²) in [5.41, 5.74) is 0.915. The van der Waals surface area contributed by atoms with Crippen LogP contribution in [0.3, 0.4) is 0 Å². The maximum absolute atomic E-state index is 15.7. The minimum absolute atomic E-state index is 0.0310. The molecule has 2 heterocycles. The molecule has 1 amide bonds. The number of hydrogen-bond donors (Lipinski definition) is 0. The Hall–Kier alpha value is -3.95. The monoisotopic (exact) mass is 563 g/mol. The van der Waals surface area contributed by atoms with Gasteiger partial charge in [-0.05, 0) is 68.3 Å². The Labute approximate surface area is 234 Å². The van der Waals surface area contributed by atoms with Gasteiger partial charge in [0.25, 0.3) is 5.91 Å². The Bertz CT molecular complexity index is 1710. The molecule has 2 aliphatic rings. The number of morpholine rings is 1. The highest BCUT2D eigenvalue weighted by Gasteiger charge is 2.51. The van der Waals surface area contributed by atoms with Gasteiger partial charge in [-0.15, -0.1) is 0 Å². The zero-order valence-corrected chi connectivity index (χ0v) is 22.8. The minimum atomic E-state index is -0.967. The fourth-order valence-corrected chi connectivity index (χ4v) is 5.84. The summed E-state index contributed by atoms with van der Waals surface area (Å²) in [7, 11) is 1.20. The number of fused-ring (bicyclic) bond motifs is 1. The normalized spacial score (nSPS) is 18.1. The van der Waals surface area contributed by atoms with E-state index in [1.165, 1.54) is 17.7 Å². The number of carbonyl (C=O) groups is 2. The molecule has 1 aromatic heterocycles. The zero-order chi connectivity index (χ0) is 28.2. The SMILES string of the molecule is COC(=O)c1cccc(C2(n3c(=O)n(-c4ccc(C(=O)N5CCOC[C@@H]5C)cc4)c4cc(Cl)ccc43)CC2)c1F. The average Bonchev–Trinajstić information content (AvgIpc) is 3.70. The van der Waals surface area contributed by atoms with Crippen LogP contribution in [-0.4, -0.2) is 58.8 Å². The molecule has 1 aliphatic carbocycles. The highest BCUT2D eigenvalue weighted by molar-refractivity contribution is 6.31. The van der Waals surface area contributed by atoms with Crippen LogP contribution in [0.25, 0.3) is 16.7 Å². The number of methoxy groups -OCH3 is 1. The quantitative estimate of drug-likeness (QED) is 0.327. The number of carbonyl (C=O) groups excluding carboxylic acids is 2. The van der Waals surface area contributed by atoms with Gasteiger partial charge in [0, 0.05) is 22.7 Å². The van der Waals surface area contributed by atoms with Crippen LogP contribution in [0.15, 0.2) is 65.5 Å². The third kappa shape index (κ3) is 4.12. The van der Waals surface area contributed by atoms with Crippen LogP contribution in [0, 0.1) is 5.82 Å². The average molecular weight is 564 g/mol. The molecule has 8 nitrogen and oxygen atoms in total. The number of hydrogen-bond acceptors (Lipinski definition) is 5. The van der Waals surface area contributed by atoms with Gasteiger partial charge in [0.15, 0.2) is 0 Å². The van der Waals surface area contributed by atoms with E-state index in [9.17, 15) is 14.4 Å². The molecule has 10 heteroatoms. The maximum Gasteiger partial charge on any atom is 0.340 e. The summed E-state index contributed by atoms with van der Waals surface area (Å²) in [4.78, 5) is 41.2. The van der Waals surface area contributed by atoms with Gasteiger partial charge in [-0.3, -0.25) is 13.9 Å². The molecule has 40 heavy (non-hydrogen) atoms. The highest BCUT2D eigenvalue weighted by Crippen LogP contribution is 2.51. The van der Waals surface area contributed by atoms with Crippen molar-refractivity contribution in [1.29, 1.82) is 0 Å². The Morgan fingerprint density at radius 2 is 1.82 bits per heavy atom. The number of esters is 1. The molecule has 0 N–H and O–H groups in total. The van der Waals surface area contributed by atoms with E-state index in [1.807, 2.05) is 6.92 Å². The van der Waals surface area contributed by atoms with Gasteiger partial charge in [0.1, 0.15) is 5.82 Å². The molecule has 2 fully saturated rings. The molecule has 6 rings (SSSR count). The Balaban J connectivity index is 1.46. The van der Waals surface area contributed by atoms with Crippen molar-refractivity contribution >= 4 is 34.5 Å². The van der Waals surface area contributed by atoms with Crippen LogP contribution >= 0.6 is 11.6 Å². The lowest BCUT2D eigenvalue weighted by molar-refractivity contribution is 0.00359. The Kier molecular flexibility index (Phi) is 6.51. The molecular formula is C30H27ClFN3O5. The van der Waals surface area contributed by atoms with Crippen molar-refractivity contribution in [3.05, 3.63) is 98.7 Å². The van der Waals surface area contributed by atoms with Crippen LogP contribution in [0.2, 0.25) is 5.02 Å². The number of benzene rings is 3. The van der Waals surface area contributed by atoms with E-state index in [-0.39, 0.29) is 28.8 Å². The Morgan fingerprint density at radius 1 is 1.07 bits per heavy atom. The molecular weight excluding hydrogens is 537 g/mol. The molecule has 206 valence electrons. The van der Waals surface area contributed by atoms with E-state index in [2.05, 4.69) is 0 Å². The fourth-order valence-electron chi connectivity index (χ4n) is 5.67. The molecule has 0 radical (unpaired) electrons. The Morgan fingerprint density at radius 3 is 2.50 bits per heavy atom. The summed E-state index contributed by atoms with van der Waals surface area (Å²) in [5.74, 6) is -1.58. The van der Waals surface area contributed by atoms with Crippen LogP contribution in [0.1, 0.15) is 46.0 Å². The van der Waals surface area contributed by atoms with Gasteiger partial charge >= 0.3 is 11.7 Å². The van der Waals surface area contributed by atoms with E-state index < -0.39 is 17.3 Å². The van der Waals surface area contributed by atoms with Gasteiger partial charge in [0.05, 0.1) is 54.2 Å². The van der Waals surface area contributed by atoms with Crippen LogP contribution in [-0.2, 0) is 15.0 Å². The number of imidazole rings is 1. The van der Waals surface area contributed by atoms with Crippen molar-refractivity contribution in [1.82, 2.24) is 14.0 Å². The number of nitrogens with zero attached hydrogens (tertiary/aromatic N) is 3. The molecule has 1 saturated heterocycles. The summed E-state index contributed by atoms with van der Waals surface area (Å²) in [5, 5.41) is 0.440. The number of halogens is 2. The van der Waals surface area contributed by atoms with E-state index in [1.54, 1.807) is 64.1 Å². The van der Waals surface area contributed by atoms with Crippen molar-refractivity contribution in [2.45, 2.75) is 31.3 Å². The van der Waals surface area contributed by atoms with E-state index in [4.69, 9.17) is 21.1 Å². The third-order valence-corrected chi connectivity index (χ3v) is 8.09. The van der Waals surface area contributed by atoms with Crippen LogP contribution in [0.4, 0.5) is 4.39 Å². The first-order chi connectivity index (χ1) is 19.3. The number of amides is 1. The summed E-state index contributed by atoms with van der Waals surface area (Å²) >= 11 is 6.35. The van der Waals surface area contributed by atoms with Gasteiger partial charge < -0.3 is 14.4 Å². The minimum Gasteiger partial charge on any atom is -0.465 e. The topological polar surface area (TPSA) is 82.8 Å². The third-order valence-electron chi connectivity index (χ3n) is 7.86. The van der Waals surface area contributed by atoms with E-state index in [0.717, 1.165) is 0 Å². The van der Waals surface area contributed by atoms with Crippen LogP contribution in [0.5, 0.6) is 0 Å². The smallest absolute Gasteiger partial charge is 0.340 e. The van der Waals surface area contributed by atoms with E-state index in [0.29, 0.717) is 59.9 Å². The molecule has 0 unspecified atom stereocenters. The first kappa shape index (κ1) is 26.3. The molecule has 1 atom stereocenters. The summed E-state index contributed by atoms with van der Waals surface area (Å²) in [6.07, 6.45) is 1.03. The van der Waals surface area contributed by atoms with Gasteiger partial charge in [-0.2, -0.15) is 0 Å². The van der Waals surface area contributed by atoms with Gasteiger partial charge in [0.2, 0.25) is 0 Å². The number of aromatic nitrogens is 2. The standard InChI is InChI=1S/C30H27ClFN3O5/c1-18-17-40-15-14-33(18)27(36)19-6-9-21(10-7-19)34-25-16-20(31)8-11-24(25)35(29(34)38)30(12-13-30)23-5-3-4-22(26(23)32)28(37)39-2/h3-11,16,18H,12-15,17H2,1-2H3/t18-/m0/s1. The highest BCUT2D eigenvalue weighted by atomic mass is 35.5. The summed E-state index contributed by atoms with van der Waals surface area (Å²) in [6.45, 7) is 3.45. The van der Waals surface area contributed by atoms with Crippen molar-refractivity contribution in [3.63, 3.8) is 0 Å². The molecule has 1 aliphatic heterocycles. The molecule has 4 aromatic rings. The van der Waals surface area contributed by atoms with Crippen LogP contribution < -0.4 is 5.69 Å². The molecule has 1 saturated carbocycles. The lowest BCUT2D eigenvalue weighted by atomic mass is 10.00. The lowest BCUT2D eigenvalue weighted by Crippen LogP contribution is -2.47. The van der Waals surface area contributed by atoms with E-state index >= 15 is 4.39 Å². The molecule has 3 aromatic carbocycles. The first-order valence-corrected chi connectivity index (χ1v) is 13.4. The fraction of sp³-hybridized carbons (Fsp3) is 0.300. The summed E-state index contributed by atoms with van der Waals surface area (Å²) < 4.78 is 29.0. The second kappa shape index (κ2) is 9.91. The maximum atomic E-state index is 15.7. The predicted molar refractivity (Wildman–Crippen MR) is 148 cm³/mol. The summed E-state index contributed by atoms with van der Waals surface area (Å²) in [6, 6.07) is 16.5. The second-order valence-electron chi connectivity index (χ2n) is 10.2. The second-order valence-corrected chi connectivity index (χ2v) is 10.7. The molecule has 0 bridgehead atoms. The van der Waals surface area contributed by atoms with Crippen molar-refractivity contribution < 1.29 is 23.5 Å². The molecule has 0 spiro atoms. The predicted octanol–water partition coefficient (Wildman–Crippen LogP) is 4.77. The van der Waals surface area contributed by atoms with Gasteiger partial charge in [-0.1, -0.05) is 23.7 Å². The van der Waals surface area contributed by atoms with Crippen molar-refractivity contribution in [2.24, 2.45) is 0 Å². The van der Waals surface area contributed by atoms with Crippen molar-refractivity contribution in [3.8, 4) is 5.69 Å². The van der Waals surface area contributed by atoms with Gasteiger partial charge in [-0.25, -0.2) is 14.0 Å². The zero-order valence-electron chi connectivity index (χ0n) is 22.0. The number of ether oxygens (including phenoxy) is 2. The largest absolute Gasteiger partial charge is 0.465 e. The van der Waals surface area contributed by atoms with Crippen molar-refractivity contribution in [2.75, 3.05) is 26.9 Å².